The van der Waals surface area contributed by atoms with Gasteiger partial charge in [0.15, 0.2) is 0 Å². The van der Waals surface area contributed by atoms with Crippen molar-refractivity contribution in [2.24, 2.45) is 23.7 Å². The molecule has 4 unspecified atom stereocenters. The van der Waals surface area contributed by atoms with E-state index in [1.165, 1.54) is 6.42 Å². The number of carboxylic acid groups (broad SMARTS) is 1. The summed E-state index contributed by atoms with van der Waals surface area (Å²) in [4.78, 5) is 23.5. The molecule has 0 aromatic heterocycles. The zero-order valence-electron chi connectivity index (χ0n) is 17.6. The summed E-state index contributed by atoms with van der Waals surface area (Å²) in [6.45, 7) is 8.75. The molecule has 26 heavy (non-hydrogen) atoms. The Kier molecular flexibility index (Phi) is 14.0. The van der Waals surface area contributed by atoms with Gasteiger partial charge >= 0.3 is 35.5 Å². The Bertz CT molecular complexity index is 411. The normalized spacial score (nSPS) is 24.0. The van der Waals surface area contributed by atoms with Crippen molar-refractivity contribution in [1.29, 1.82) is 0 Å². The summed E-state index contributed by atoms with van der Waals surface area (Å²) in [5, 5.41) is 10.6. The Balaban J connectivity index is 0.00000625. The van der Waals surface area contributed by atoms with E-state index < -0.39 is 5.97 Å². The number of carbonyl (C=O) groups excluding carboxylic acids is 2. The van der Waals surface area contributed by atoms with Crippen molar-refractivity contribution >= 4 is 11.9 Å². The molecule has 0 spiro atoms. The van der Waals surface area contributed by atoms with Crippen LogP contribution in [-0.2, 0) is 14.3 Å². The van der Waals surface area contributed by atoms with Crippen molar-refractivity contribution in [2.75, 3.05) is 0 Å². The van der Waals surface area contributed by atoms with Crippen molar-refractivity contribution in [3.8, 4) is 0 Å². The standard InChI is InChI=1S/C21H38O4.Na/c1-5-6-7-9-17(10-8-11-20(22)23)25-21(24)19-14-16(4)12-13-18(19)15(2)3;/h15-19H,5-14H2,1-4H3,(H,22,23);/q;+1/p-1. The molecule has 146 valence electrons. The van der Waals surface area contributed by atoms with Gasteiger partial charge in [-0.2, -0.15) is 0 Å². The third-order valence-corrected chi connectivity index (χ3v) is 5.64. The van der Waals surface area contributed by atoms with E-state index >= 15 is 0 Å². The van der Waals surface area contributed by atoms with Gasteiger partial charge < -0.3 is 14.6 Å². The molecule has 1 aliphatic carbocycles. The predicted octanol–water partition coefficient (Wildman–Crippen LogP) is 1.11. The monoisotopic (exact) mass is 376 g/mol. The fraction of sp³-hybridized carbons (Fsp3) is 0.905. The fourth-order valence-corrected chi connectivity index (χ4v) is 4.08. The van der Waals surface area contributed by atoms with Gasteiger partial charge in [-0.3, -0.25) is 4.79 Å². The van der Waals surface area contributed by atoms with Crippen molar-refractivity contribution in [3.05, 3.63) is 0 Å². The van der Waals surface area contributed by atoms with Crippen LogP contribution in [-0.4, -0.2) is 18.0 Å². The van der Waals surface area contributed by atoms with Crippen LogP contribution in [0.2, 0.25) is 0 Å². The molecule has 0 bridgehead atoms. The molecule has 0 saturated heterocycles. The summed E-state index contributed by atoms with van der Waals surface area (Å²) < 4.78 is 5.89. The SMILES string of the molecule is CCCCCC(CCCC(=O)[O-])OC(=O)C1CC(C)CCC1C(C)C.[Na+]. The van der Waals surface area contributed by atoms with Crippen LogP contribution in [0.5, 0.6) is 0 Å². The van der Waals surface area contributed by atoms with E-state index in [1.807, 2.05) is 0 Å². The fourth-order valence-electron chi connectivity index (χ4n) is 4.08. The maximum atomic E-state index is 12.8. The largest absolute Gasteiger partial charge is 1.00 e. The number of carbonyl (C=O) groups is 2. The first-order valence-corrected chi connectivity index (χ1v) is 10.2. The van der Waals surface area contributed by atoms with E-state index in [1.54, 1.807) is 0 Å². The Morgan fingerprint density at radius 1 is 1.12 bits per heavy atom. The summed E-state index contributed by atoms with van der Waals surface area (Å²) in [5.41, 5.74) is 0. The second-order valence-corrected chi connectivity index (χ2v) is 8.25. The number of aliphatic carboxylic acids is 1. The molecule has 5 heteroatoms. The van der Waals surface area contributed by atoms with Crippen molar-refractivity contribution < 1.29 is 49.0 Å². The van der Waals surface area contributed by atoms with Crippen LogP contribution in [0.4, 0.5) is 0 Å². The van der Waals surface area contributed by atoms with Crippen LogP contribution in [0.15, 0.2) is 0 Å². The van der Waals surface area contributed by atoms with Gasteiger partial charge in [0, 0.05) is 5.97 Å². The molecule has 1 saturated carbocycles. The summed E-state index contributed by atoms with van der Waals surface area (Å²) in [5.74, 6) is 0.382. The summed E-state index contributed by atoms with van der Waals surface area (Å²) in [6.07, 6.45) is 8.33. The second-order valence-electron chi connectivity index (χ2n) is 8.25. The molecule has 4 atom stereocenters. The summed E-state index contributed by atoms with van der Waals surface area (Å²) in [6, 6.07) is 0. The van der Waals surface area contributed by atoms with Crippen LogP contribution in [0.3, 0.4) is 0 Å². The first-order valence-electron chi connectivity index (χ1n) is 10.2. The third-order valence-electron chi connectivity index (χ3n) is 5.64. The zero-order valence-corrected chi connectivity index (χ0v) is 19.6. The van der Waals surface area contributed by atoms with E-state index in [9.17, 15) is 14.7 Å². The zero-order chi connectivity index (χ0) is 18.8. The maximum absolute atomic E-state index is 12.8. The molecule has 0 aromatic carbocycles. The smallest absolute Gasteiger partial charge is 0.550 e. The third kappa shape index (κ3) is 9.75. The number of hydrogen-bond acceptors (Lipinski definition) is 4. The van der Waals surface area contributed by atoms with Crippen LogP contribution in [0.25, 0.3) is 0 Å². The molecule has 0 amide bonds. The molecule has 1 fully saturated rings. The Morgan fingerprint density at radius 2 is 1.77 bits per heavy atom. The molecule has 0 aromatic rings. The minimum absolute atomic E-state index is 0. The molecule has 0 aliphatic heterocycles. The molecule has 1 rings (SSSR count). The summed E-state index contributed by atoms with van der Waals surface area (Å²) in [7, 11) is 0. The maximum Gasteiger partial charge on any atom is 1.00 e. The van der Waals surface area contributed by atoms with Gasteiger partial charge in [0.2, 0.25) is 0 Å². The van der Waals surface area contributed by atoms with Gasteiger partial charge in [0.05, 0.1) is 5.92 Å². The van der Waals surface area contributed by atoms with Crippen LogP contribution >= 0.6 is 0 Å². The minimum Gasteiger partial charge on any atom is -0.550 e. The van der Waals surface area contributed by atoms with Gasteiger partial charge in [-0.1, -0.05) is 47.0 Å². The minimum atomic E-state index is -1.03. The van der Waals surface area contributed by atoms with Gasteiger partial charge in [0.1, 0.15) is 6.10 Å². The quantitative estimate of drug-likeness (QED) is 0.308. The number of unbranched alkanes of at least 4 members (excludes halogenated alkanes) is 2. The molecular weight excluding hydrogens is 339 g/mol. The molecular formula is C21H37NaO4. The number of ether oxygens (including phenoxy) is 1. The van der Waals surface area contributed by atoms with Gasteiger partial charge in [0.25, 0.3) is 0 Å². The van der Waals surface area contributed by atoms with Gasteiger partial charge in [-0.25, -0.2) is 0 Å². The number of carboxylic acids is 1. The average molecular weight is 377 g/mol. The Hall–Kier alpha value is -0.0600. The Labute approximate surface area is 182 Å². The first kappa shape index (κ1) is 25.9. The predicted molar refractivity (Wildman–Crippen MR) is 97.7 cm³/mol. The summed E-state index contributed by atoms with van der Waals surface area (Å²) >= 11 is 0. The van der Waals surface area contributed by atoms with Crippen molar-refractivity contribution in [1.82, 2.24) is 0 Å². The van der Waals surface area contributed by atoms with Crippen molar-refractivity contribution in [2.45, 2.75) is 98.0 Å². The van der Waals surface area contributed by atoms with E-state index in [0.29, 0.717) is 30.6 Å². The topological polar surface area (TPSA) is 66.4 Å². The molecule has 0 radical (unpaired) electrons. The van der Waals surface area contributed by atoms with Crippen LogP contribution in [0.1, 0.15) is 91.9 Å². The van der Waals surface area contributed by atoms with Crippen LogP contribution < -0.4 is 34.7 Å². The van der Waals surface area contributed by atoms with E-state index in [2.05, 4.69) is 27.7 Å². The number of hydrogen-bond donors (Lipinski definition) is 0. The molecule has 1 aliphatic rings. The van der Waals surface area contributed by atoms with Gasteiger partial charge in [-0.15, -0.1) is 0 Å². The molecule has 0 N–H and O–H groups in total. The molecule has 0 heterocycles. The Morgan fingerprint density at radius 3 is 2.35 bits per heavy atom. The number of esters is 1. The van der Waals surface area contributed by atoms with Crippen molar-refractivity contribution in [3.63, 3.8) is 0 Å². The van der Waals surface area contributed by atoms with E-state index in [0.717, 1.165) is 38.5 Å². The van der Waals surface area contributed by atoms with E-state index in [4.69, 9.17) is 4.74 Å². The average Bonchev–Trinajstić information content (AvgIpc) is 2.54. The number of rotatable bonds is 11. The van der Waals surface area contributed by atoms with E-state index in [-0.39, 0.29) is 54.0 Å². The second kappa shape index (κ2) is 14.0. The molecule has 4 nitrogen and oxygen atoms in total. The first-order chi connectivity index (χ1) is 11.8. The van der Waals surface area contributed by atoms with Crippen LogP contribution in [0, 0.1) is 23.7 Å². The van der Waals surface area contributed by atoms with Gasteiger partial charge in [-0.05, 0) is 62.7 Å².